The zero-order chi connectivity index (χ0) is 13.7. The predicted molar refractivity (Wildman–Crippen MR) is 66.7 cm³/mol. The van der Waals surface area contributed by atoms with Crippen molar-refractivity contribution < 1.29 is 14.3 Å². The highest BCUT2D eigenvalue weighted by atomic mass is 16.6. The zero-order valence-corrected chi connectivity index (χ0v) is 11.6. The van der Waals surface area contributed by atoms with Gasteiger partial charge in [0.2, 0.25) is 5.91 Å². The molecule has 2 amide bonds. The van der Waals surface area contributed by atoms with Crippen LogP contribution in [0.4, 0.5) is 4.79 Å². The number of hydrogen-bond donors (Lipinski definition) is 2. The van der Waals surface area contributed by atoms with E-state index in [2.05, 4.69) is 10.6 Å². The Kier molecular flexibility index (Phi) is 5.45. The van der Waals surface area contributed by atoms with Crippen LogP contribution in [-0.2, 0) is 9.53 Å². The summed E-state index contributed by atoms with van der Waals surface area (Å²) >= 11 is 0. The number of carbonyl (C=O) groups is 2. The molecule has 100 valence electrons. The monoisotopic (exact) mass is 244 g/mol. The summed E-state index contributed by atoms with van der Waals surface area (Å²) in [4.78, 5) is 22.1. The molecule has 17 heavy (non-hydrogen) atoms. The quantitative estimate of drug-likeness (QED) is 0.775. The Bertz CT molecular complexity index is 285. The molecule has 2 N–H and O–H groups in total. The number of amides is 2. The highest BCUT2D eigenvalue weighted by Crippen LogP contribution is 2.22. The van der Waals surface area contributed by atoms with E-state index in [0.717, 1.165) is 6.42 Å². The van der Waals surface area contributed by atoms with Gasteiger partial charge in [0.05, 0.1) is 0 Å². The smallest absolute Gasteiger partial charge is 0.407 e. The van der Waals surface area contributed by atoms with Gasteiger partial charge in [0.1, 0.15) is 5.60 Å². The Morgan fingerprint density at radius 3 is 2.06 bits per heavy atom. The zero-order valence-electron chi connectivity index (χ0n) is 11.6. The van der Waals surface area contributed by atoms with Gasteiger partial charge >= 0.3 is 6.09 Å². The first-order valence-electron chi connectivity index (χ1n) is 5.77. The third-order valence-corrected chi connectivity index (χ3v) is 2.44. The predicted octanol–water partition coefficient (Wildman–Crippen LogP) is 1.82. The van der Waals surface area contributed by atoms with Crippen molar-refractivity contribution in [2.75, 3.05) is 7.05 Å². The third kappa shape index (κ3) is 7.60. The highest BCUT2D eigenvalue weighted by molar-refractivity contribution is 5.73. The van der Waals surface area contributed by atoms with Crippen LogP contribution in [0.2, 0.25) is 0 Å². The Morgan fingerprint density at radius 2 is 1.65 bits per heavy atom. The number of alkyl carbamates (subject to hydrolysis) is 1. The molecule has 0 unspecified atom stereocenters. The average molecular weight is 244 g/mol. The number of hydrogen-bond acceptors (Lipinski definition) is 3. The molecule has 0 aromatic carbocycles. The maximum Gasteiger partial charge on any atom is 0.407 e. The van der Waals surface area contributed by atoms with Crippen molar-refractivity contribution in [3.8, 4) is 0 Å². The summed E-state index contributed by atoms with van der Waals surface area (Å²) in [7, 11) is 1.53. The Labute approximate surface area is 103 Å². The second kappa shape index (κ2) is 5.89. The van der Waals surface area contributed by atoms with Crippen molar-refractivity contribution in [3.63, 3.8) is 0 Å². The summed E-state index contributed by atoms with van der Waals surface area (Å²) in [5, 5.41) is 5.28. The lowest BCUT2D eigenvalue weighted by molar-refractivity contribution is -0.120. The molecule has 0 fully saturated rings. The van der Waals surface area contributed by atoms with Gasteiger partial charge in [0, 0.05) is 19.5 Å². The molecule has 0 atom stereocenters. The Morgan fingerprint density at radius 1 is 1.12 bits per heavy atom. The number of ether oxygens (including phenoxy) is 1. The SMILES string of the molecule is CNC(=O)OC(C)(C)CCC(C)(C)NC(C)=O. The number of rotatable bonds is 5. The van der Waals surface area contributed by atoms with Crippen LogP contribution < -0.4 is 10.6 Å². The minimum absolute atomic E-state index is 0.0555. The van der Waals surface area contributed by atoms with Crippen LogP contribution in [0.25, 0.3) is 0 Å². The van der Waals surface area contributed by atoms with Gasteiger partial charge < -0.3 is 15.4 Å². The molecule has 0 aromatic heterocycles. The Hall–Kier alpha value is -1.26. The van der Waals surface area contributed by atoms with E-state index in [1.54, 1.807) is 0 Å². The molecule has 0 radical (unpaired) electrons. The first kappa shape index (κ1) is 15.7. The molecular formula is C12H24N2O3. The molecule has 5 heteroatoms. The average Bonchev–Trinajstić information content (AvgIpc) is 2.12. The topological polar surface area (TPSA) is 67.4 Å². The van der Waals surface area contributed by atoms with E-state index in [1.807, 2.05) is 27.7 Å². The molecule has 0 heterocycles. The molecule has 0 rings (SSSR count). The minimum Gasteiger partial charge on any atom is -0.444 e. The van der Waals surface area contributed by atoms with E-state index in [-0.39, 0.29) is 11.4 Å². The molecule has 0 saturated carbocycles. The number of nitrogens with one attached hydrogen (secondary N) is 2. The molecule has 0 bridgehead atoms. The summed E-state index contributed by atoms with van der Waals surface area (Å²) in [5.41, 5.74) is -0.842. The summed E-state index contributed by atoms with van der Waals surface area (Å²) < 4.78 is 5.22. The van der Waals surface area contributed by atoms with Crippen LogP contribution in [0.3, 0.4) is 0 Å². The maximum atomic E-state index is 11.1. The van der Waals surface area contributed by atoms with Gasteiger partial charge in [0.15, 0.2) is 0 Å². The number of carbonyl (C=O) groups excluding carboxylic acids is 2. The minimum atomic E-state index is -0.546. The van der Waals surface area contributed by atoms with Crippen molar-refractivity contribution in [3.05, 3.63) is 0 Å². The molecule has 0 saturated heterocycles. The fourth-order valence-corrected chi connectivity index (χ4v) is 1.51. The van der Waals surface area contributed by atoms with Crippen LogP contribution >= 0.6 is 0 Å². The molecule has 5 nitrogen and oxygen atoms in total. The lowest BCUT2D eigenvalue weighted by Gasteiger charge is -2.31. The van der Waals surface area contributed by atoms with Gasteiger partial charge in [0.25, 0.3) is 0 Å². The molecule has 0 aliphatic rings. The second-order valence-corrected chi connectivity index (χ2v) is 5.46. The Balaban J connectivity index is 4.25. The van der Waals surface area contributed by atoms with E-state index in [9.17, 15) is 9.59 Å². The molecule has 0 aliphatic heterocycles. The van der Waals surface area contributed by atoms with Gasteiger partial charge in [-0.3, -0.25) is 4.79 Å². The lowest BCUT2D eigenvalue weighted by atomic mass is 9.91. The van der Waals surface area contributed by atoms with E-state index in [1.165, 1.54) is 14.0 Å². The van der Waals surface area contributed by atoms with E-state index in [4.69, 9.17) is 4.74 Å². The van der Waals surface area contributed by atoms with Crippen LogP contribution in [0.5, 0.6) is 0 Å². The normalized spacial score (nSPS) is 11.9. The molecule has 0 aromatic rings. The van der Waals surface area contributed by atoms with Gasteiger partial charge in [-0.15, -0.1) is 0 Å². The van der Waals surface area contributed by atoms with Gasteiger partial charge in [-0.2, -0.15) is 0 Å². The largest absolute Gasteiger partial charge is 0.444 e. The first-order chi connectivity index (χ1) is 7.58. The molecular weight excluding hydrogens is 220 g/mol. The fourth-order valence-electron chi connectivity index (χ4n) is 1.51. The summed E-state index contributed by atoms with van der Waals surface area (Å²) in [6.07, 6.45) is 0.969. The molecule has 0 spiro atoms. The van der Waals surface area contributed by atoms with Crippen LogP contribution in [0.15, 0.2) is 0 Å². The summed E-state index contributed by atoms with van der Waals surface area (Å²) in [5.74, 6) is -0.0555. The van der Waals surface area contributed by atoms with Gasteiger partial charge in [-0.25, -0.2) is 4.79 Å². The van der Waals surface area contributed by atoms with Crippen molar-refractivity contribution in [2.24, 2.45) is 0 Å². The molecule has 0 aliphatic carbocycles. The van der Waals surface area contributed by atoms with Crippen molar-refractivity contribution in [1.29, 1.82) is 0 Å². The highest BCUT2D eigenvalue weighted by Gasteiger charge is 2.27. The third-order valence-electron chi connectivity index (χ3n) is 2.44. The summed E-state index contributed by atoms with van der Waals surface area (Å²) in [6, 6.07) is 0. The first-order valence-corrected chi connectivity index (χ1v) is 5.77. The van der Waals surface area contributed by atoms with E-state index in [0.29, 0.717) is 6.42 Å². The maximum absolute atomic E-state index is 11.1. The lowest BCUT2D eigenvalue weighted by Crippen LogP contribution is -2.44. The van der Waals surface area contributed by atoms with Crippen molar-refractivity contribution in [1.82, 2.24) is 10.6 Å². The van der Waals surface area contributed by atoms with Crippen LogP contribution in [-0.4, -0.2) is 30.2 Å². The summed E-state index contributed by atoms with van der Waals surface area (Å²) in [6.45, 7) is 9.10. The van der Waals surface area contributed by atoms with Crippen molar-refractivity contribution in [2.45, 2.75) is 58.6 Å². The van der Waals surface area contributed by atoms with Crippen molar-refractivity contribution >= 4 is 12.0 Å². The fraction of sp³-hybridized carbons (Fsp3) is 0.833. The second-order valence-electron chi connectivity index (χ2n) is 5.46. The van der Waals surface area contributed by atoms with Crippen LogP contribution in [0.1, 0.15) is 47.5 Å². The standard InChI is InChI=1S/C12H24N2O3/c1-9(15)14-11(2,3)7-8-12(4,5)17-10(16)13-6/h7-8H2,1-6H3,(H,13,16)(H,14,15). The van der Waals surface area contributed by atoms with Gasteiger partial charge in [-0.05, 0) is 40.5 Å². The van der Waals surface area contributed by atoms with E-state index >= 15 is 0 Å². The van der Waals surface area contributed by atoms with Crippen LogP contribution in [0, 0.1) is 0 Å². The van der Waals surface area contributed by atoms with E-state index < -0.39 is 11.7 Å². The van der Waals surface area contributed by atoms with Gasteiger partial charge in [-0.1, -0.05) is 0 Å².